The first-order chi connectivity index (χ1) is 15.9. The number of amides is 2. The van der Waals surface area contributed by atoms with Crippen LogP contribution in [-0.2, 0) is 4.79 Å². The van der Waals surface area contributed by atoms with E-state index in [0.717, 1.165) is 16.9 Å². The molecule has 0 bridgehead atoms. The molecule has 8 nitrogen and oxygen atoms in total. The van der Waals surface area contributed by atoms with E-state index in [1.165, 1.54) is 33.5 Å². The van der Waals surface area contributed by atoms with Crippen molar-refractivity contribution in [3.63, 3.8) is 0 Å². The molecule has 0 aliphatic carbocycles. The summed E-state index contributed by atoms with van der Waals surface area (Å²) in [5, 5.41) is 8.73. The summed E-state index contributed by atoms with van der Waals surface area (Å²) in [6, 6.07) is 18.3. The Bertz CT molecular complexity index is 1100. The van der Waals surface area contributed by atoms with Gasteiger partial charge in [0.2, 0.25) is 11.7 Å². The van der Waals surface area contributed by atoms with Crippen molar-refractivity contribution in [2.45, 2.75) is 6.92 Å². The molecule has 0 atom stereocenters. The predicted molar refractivity (Wildman–Crippen MR) is 128 cm³/mol. The van der Waals surface area contributed by atoms with Crippen LogP contribution in [0.5, 0.6) is 17.2 Å². The average molecular weight is 450 g/mol. The van der Waals surface area contributed by atoms with Crippen molar-refractivity contribution in [3.05, 3.63) is 71.8 Å². The Morgan fingerprint density at radius 3 is 2.00 bits per heavy atom. The molecule has 0 aromatic heterocycles. The second-order valence-electron chi connectivity index (χ2n) is 7.18. The van der Waals surface area contributed by atoms with E-state index < -0.39 is 5.91 Å². The molecule has 0 fully saturated rings. The number of ether oxygens (including phenoxy) is 3. The van der Waals surface area contributed by atoms with E-state index in [0.29, 0.717) is 22.9 Å². The number of benzene rings is 3. The molecule has 0 saturated carbocycles. The van der Waals surface area contributed by atoms with Crippen LogP contribution in [-0.4, -0.2) is 39.7 Å². The maximum atomic E-state index is 12.6. The van der Waals surface area contributed by atoms with Gasteiger partial charge in [-0.05, 0) is 43.3 Å². The van der Waals surface area contributed by atoms with Crippen molar-refractivity contribution in [3.8, 4) is 17.2 Å². The fourth-order valence-electron chi connectivity index (χ4n) is 3.16. The van der Waals surface area contributed by atoms with Gasteiger partial charge < -0.3 is 30.2 Å². The summed E-state index contributed by atoms with van der Waals surface area (Å²) in [6.45, 7) is 1.80. The molecule has 3 aromatic rings. The Morgan fingerprint density at radius 1 is 0.818 bits per heavy atom. The van der Waals surface area contributed by atoms with Gasteiger partial charge in [-0.1, -0.05) is 29.8 Å². The van der Waals surface area contributed by atoms with Gasteiger partial charge in [-0.15, -0.1) is 0 Å². The average Bonchev–Trinajstić information content (AvgIpc) is 2.84. The Morgan fingerprint density at radius 2 is 1.42 bits per heavy atom. The smallest absolute Gasteiger partial charge is 0.251 e. The largest absolute Gasteiger partial charge is 0.493 e. The third-order valence-corrected chi connectivity index (χ3v) is 4.87. The van der Waals surface area contributed by atoms with Crippen LogP contribution in [0.2, 0.25) is 0 Å². The van der Waals surface area contributed by atoms with Crippen LogP contribution in [0.3, 0.4) is 0 Å². The van der Waals surface area contributed by atoms with E-state index in [2.05, 4.69) is 16.0 Å². The number of para-hydroxylation sites is 2. The van der Waals surface area contributed by atoms with Crippen LogP contribution >= 0.6 is 0 Å². The molecule has 0 aliphatic rings. The third-order valence-electron chi connectivity index (χ3n) is 4.87. The molecule has 3 aromatic carbocycles. The molecular formula is C25H27N3O5. The number of carbonyl (C=O) groups is 2. The van der Waals surface area contributed by atoms with Crippen LogP contribution in [0.1, 0.15) is 15.9 Å². The van der Waals surface area contributed by atoms with Gasteiger partial charge in [0.1, 0.15) is 0 Å². The molecule has 0 saturated heterocycles. The lowest BCUT2D eigenvalue weighted by Crippen LogP contribution is -2.33. The Hall–Kier alpha value is -4.20. The van der Waals surface area contributed by atoms with Gasteiger partial charge in [-0.3, -0.25) is 9.59 Å². The molecule has 0 radical (unpaired) electrons. The monoisotopic (exact) mass is 449 g/mol. The zero-order valence-corrected chi connectivity index (χ0v) is 19.0. The number of carbonyl (C=O) groups excluding carboxylic acids is 2. The number of hydrogen-bond donors (Lipinski definition) is 3. The molecule has 0 heterocycles. The van der Waals surface area contributed by atoms with Gasteiger partial charge >= 0.3 is 0 Å². The lowest BCUT2D eigenvalue weighted by molar-refractivity contribution is -0.115. The standard InChI is InChI=1S/C25H27N3O5/c1-16-9-11-18(12-10-16)27-19-7-5-6-8-20(19)28-23(29)15-26-25(30)17-13-21(31-2)24(33-4)22(14-17)32-3/h5-14,27H,15H2,1-4H3,(H,26,30)(H,28,29). The summed E-state index contributed by atoms with van der Waals surface area (Å²) in [4.78, 5) is 25.1. The van der Waals surface area contributed by atoms with E-state index in [1.54, 1.807) is 6.07 Å². The van der Waals surface area contributed by atoms with E-state index >= 15 is 0 Å². The first kappa shape index (κ1) is 23.5. The maximum absolute atomic E-state index is 12.6. The normalized spacial score (nSPS) is 10.2. The van der Waals surface area contributed by atoms with Gasteiger partial charge in [-0.25, -0.2) is 0 Å². The maximum Gasteiger partial charge on any atom is 0.251 e. The molecule has 0 spiro atoms. The second-order valence-corrected chi connectivity index (χ2v) is 7.18. The fraction of sp³-hybridized carbons (Fsp3) is 0.200. The van der Waals surface area contributed by atoms with Gasteiger partial charge in [0.25, 0.3) is 5.91 Å². The van der Waals surface area contributed by atoms with Gasteiger partial charge in [0, 0.05) is 11.3 Å². The van der Waals surface area contributed by atoms with Crippen LogP contribution in [0.15, 0.2) is 60.7 Å². The van der Waals surface area contributed by atoms with Crippen molar-refractivity contribution in [2.24, 2.45) is 0 Å². The summed E-state index contributed by atoms with van der Waals surface area (Å²) in [6.07, 6.45) is 0. The SMILES string of the molecule is COc1cc(C(=O)NCC(=O)Nc2ccccc2Nc2ccc(C)cc2)cc(OC)c1OC. The molecule has 3 N–H and O–H groups in total. The number of anilines is 3. The molecule has 0 unspecified atom stereocenters. The Kier molecular flexibility index (Phi) is 7.75. The van der Waals surface area contributed by atoms with E-state index in [1.807, 2.05) is 49.4 Å². The quantitative estimate of drug-likeness (QED) is 0.454. The van der Waals surface area contributed by atoms with Crippen LogP contribution in [0.4, 0.5) is 17.1 Å². The topological polar surface area (TPSA) is 97.9 Å². The highest BCUT2D eigenvalue weighted by Gasteiger charge is 2.17. The van der Waals surface area contributed by atoms with Crippen molar-refractivity contribution < 1.29 is 23.8 Å². The zero-order valence-electron chi connectivity index (χ0n) is 19.0. The molecular weight excluding hydrogens is 422 g/mol. The number of nitrogens with one attached hydrogen (secondary N) is 3. The van der Waals surface area contributed by atoms with Gasteiger partial charge in [-0.2, -0.15) is 0 Å². The lowest BCUT2D eigenvalue weighted by Gasteiger charge is -2.15. The predicted octanol–water partition coefficient (Wildman–Crippen LogP) is 4.13. The highest BCUT2D eigenvalue weighted by molar-refractivity contribution is 6.01. The molecule has 3 rings (SSSR count). The summed E-state index contributed by atoms with van der Waals surface area (Å²) in [7, 11) is 4.42. The Labute approximate surface area is 192 Å². The number of aryl methyl sites for hydroxylation is 1. The molecule has 8 heteroatoms. The fourth-order valence-corrected chi connectivity index (χ4v) is 3.16. The summed E-state index contributed by atoms with van der Waals surface area (Å²) < 4.78 is 15.8. The minimum Gasteiger partial charge on any atom is -0.493 e. The lowest BCUT2D eigenvalue weighted by atomic mass is 10.1. The number of methoxy groups -OCH3 is 3. The van der Waals surface area contributed by atoms with E-state index in [4.69, 9.17) is 14.2 Å². The molecule has 33 heavy (non-hydrogen) atoms. The number of rotatable bonds is 9. The van der Waals surface area contributed by atoms with Gasteiger partial charge in [0.15, 0.2) is 11.5 Å². The highest BCUT2D eigenvalue weighted by Crippen LogP contribution is 2.38. The van der Waals surface area contributed by atoms with Crippen molar-refractivity contribution >= 4 is 28.9 Å². The van der Waals surface area contributed by atoms with E-state index in [-0.39, 0.29) is 18.0 Å². The summed E-state index contributed by atoms with van der Waals surface area (Å²) >= 11 is 0. The third kappa shape index (κ3) is 5.94. The van der Waals surface area contributed by atoms with Crippen LogP contribution in [0, 0.1) is 6.92 Å². The van der Waals surface area contributed by atoms with Crippen LogP contribution in [0.25, 0.3) is 0 Å². The highest BCUT2D eigenvalue weighted by atomic mass is 16.5. The first-order valence-corrected chi connectivity index (χ1v) is 10.3. The van der Waals surface area contributed by atoms with Crippen LogP contribution < -0.4 is 30.2 Å². The molecule has 2 amide bonds. The minimum absolute atomic E-state index is 0.214. The second kappa shape index (κ2) is 10.9. The van der Waals surface area contributed by atoms with E-state index in [9.17, 15) is 9.59 Å². The summed E-state index contributed by atoms with van der Waals surface area (Å²) in [5.74, 6) is 0.265. The molecule has 0 aliphatic heterocycles. The Balaban J connectivity index is 1.65. The van der Waals surface area contributed by atoms with Crippen molar-refractivity contribution in [2.75, 3.05) is 38.5 Å². The molecule has 172 valence electrons. The van der Waals surface area contributed by atoms with Crippen molar-refractivity contribution in [1.29, 1.82) is 0 Å². The minimum atomic E-state index is -0.449. The van der Waals surface area contributed by atoms with Crippen molar-refractivity contribution in [1.82, 2.24) is 5.32 Å². The first-order valence-electron chi connectivity index (χ1n) is 10.3. The van der Waals surface area contributed by atoms with Gasteiger partial charge in [0.05, 0.1) is 39.2 Å². The zero-order chi connectivity index (χ0) is 23.8. The summed E-state index contributed by atoms with van der Waals surface area (Å²) in [5.41, 5.74) is 3.68. The number of hydrogen-bond acceptors (Lipinski definition) is 6.